The van der Waals surface area contributed by atoms with Gasteiger partial charge in [0.1, 0.15) is 0 Å². The van der Waals surface area contributed by atoms with Crippen LogP contribution in [0.4, 0.5) is 0 Å². The van der Waals surface area contributed by atoms with Crippen LogP contribution in [0.5, 0.6) is 0 Å². The van der Waals surface area contributed by atoms with Crippen LogP contribution in [0.25, 0.3) is 11.3 Å². The minimum atomic E-state index is 1.09. The fraction of sp³-hybridized carbons (Fsp3) is 0.267. The molecule has 1 heterocycles. The van der Waals surface area contributed by atoms with E-state index in [2.05, 4.69) is 50.9 Å². The molecular weight excluding hydrogens is 194 g/mol. The summed E-state index contributed by atoms with van der Waals surface area (Å²) in [7, 11) is 0. The quantitative estimate of drug-likeness (QED) is 0.695. The van der Waals surface area contributed by atoms with Crippen LogP contribution in [0.3, 0.4) is 0 Å². The molecule has 0 bridgehead atoms. The van der Waals surface area contributed by atoms with Crippen molar-refractivity contribution in [1.82, 2.24) is 4.98 Å². The van der Waals surface area contributed by atoms with Gasteiger partial charge in [0.15, 0.2) is 0 Å². The normalized spacial score (nSPS) is 10.5. The fourth-order valence-electron chi connectivity index (χ4n) is 1.96. The van der Waals surface area contributed by atoms with Gasteiger partial charge in [-0.3, -0.25) is 4.98 Å². The molecule has 2 aromatic rings. The smallest absolute Gasteiger partial charge is 0.0731 e. The minimum Gasteiger partial charge on any atom is -0.256 e. The SMILES string of the molecule is Cc1cccnc1-c1cc(C)c(C)c(C)c1. The van der Waals surface area contributed by atoms with Crippen LogP contribution in [-0.2, 0) is 0 Å². The molecule has 1 aromatic carbocycles. The van der Waals surface area contributed by atoms with Crippen molar-refractivity contribution in [2.75, 3.05) is 0 Å². The summed E-state index contributed by atoms with van der Waals surface area (Å²) in [6.07, 6.45) is 1.85. The number of hydrogen-bond acceptors (Lipinski definition) is 1. The van der Waals surface area contributed by atoms with Crippen LogP contribution >= 0.6 is 0 Å². The summed E-state index contributed by atoms with van der Waals surface area (Å²) in [5, 5.41) is 0. The van der Waals surface area contributed by atoms with Gasteiger partial charge in [-0.1, -0.05) is 6.07 Å². The van der Waals surface area contributed by atoms with Gasteiger partial charge in [0, 0.05) is 11.8 Å². The van der Waals surface area contributed by atoms with Crippen molar-refractivity contribution in [3.63, 3.8) is 0 Å². The third-order valence-electron chi connectivity index (χ3n) is 3.21. The van der Waals surface area contributed by atoms with Crippen molar-refractivity contribution in [2.24, 2.45) is 0 Å². The second-order valence-corrected chi connectivity index (χ2v) is 4.40. The van der Waals surface area contributed by atoms with Gasteiger partial charge in [-0.25, -0.2) is 0 Å². The van der Waals surface area contributed by atoms with Crippen LogP contribution < -0.4 is 0 Å². The van der Waals surface area contributed by atoms with Crippen LogP contribution in [0, 0.1) is 27.7 Å². The molecule has 1 aromatic heterocycles. The lowest BCUT2D eigenvalue weighted by Gasteiger charge is -2.10. The predicted molar refractivity (Wildman–Crippen MR) is 68.6 cm³/mol. The van der Waals surface area contributed by atoms with Gasteiger partial charge < -0.3 is 0 Å². The molecule has 0 unspecified atom stereocenters. The highest BCUT2D eigenvalue weighted by atomic mass is 14.7. The molecule has 0 saturated heterocycles. The van der Waals surface area contributed by atoms with E-state index in [1.807, 2.05) is 12.3 Å². The van der Waals surface area contributed by atoms with Crippen LogP contribution in [-0.4, -0.2) is 4.98 Å². The number of hydrogen-bond donors (Lipinski definition) is 0. The maximum absolute atomic E-state index is 4.46. The first-order chi connectivity index (χ1) is 7.59. The Bertz CT molecular complexity index is 504. The highest BCUT2D eigenvalue weighted by molar-refractivity contribution is 5.65. The van der Waals surface area contributed by atoms with Crippen molar-refractivity contribution < 1.29 is 0 Å². The van der Waals surface area contributed by atoms with Gasteiger partial charge in [-0.2, -0.15) is 0 Å². The zero-order chi connectivity index (χ0) is 11.7. The summed E-state index contributed by atoms with van der Waals surface area (Å²) in [5.41, 5.74) is 7.58. The molecule has 0 fully saturated rings. The highest BCUT2D eigenvalue weighted by Crippen LogP contribution is 2.25. The van der Waals surface area contributed by atoms with E-state index in [9.17, 15) is 0 Å². The molecule has 0 radical (unpaired) electrons. The van der Waals surface area contributed by atoms with Crippen molar-refractivity contribution in [3.8, 4) is 11.3 Å². The largest absolute Gasteiger partial charge is 0.256 e. The molecule has 0 atom stereocenters. The fourth-order valence-corrected chi connectivity index (χ4v) is 1.96. The molecule has 16 heavy (non-hydrogen) atoms. The molecular formula is C15H17N. The van der Waals surface area contributed by atoms with Gasteiger partial charge in [0.25, 0.3) is 0 Å². The molecule has 2 rings (SSSR count). The molecule has 0 N–H and O–H groups in total. The first-order valence-corrected chi connectivity index (χ1v) is 5.59. The van der Waals surface area contributed by atoms with Gasteiger partial charge >= 0.3 is 0 Å². The Morgan fingerprint density at radius 2 is 1.50 bits per heavy atom. The maximum Gasteiger partial charge on any atom is 0.0731 e. The Labute approximate surface area is 97.2 Å². The van der Waals surface area contributed by atoms with E-state index in [0.717, 1.165) is 5.69 Å². The number of aromatic nitrogens is 1. The van der Waals surface area contributed by atoms with Crippen molar-refractivity contribution in [1.29, 1.82) is 0 Å². The molecule has 0 aliphatic carbocycles. The Hall–Kier alpha value is -1.63. The molecule has 0 aliphatic rings. The molecule has 0 aliphatic heterocycles. The van der Waals surface area contributed by atoms with Crippen molar-refractivity contribution >= 4 is 0 Å². The number of benzene rings is 1. The topological polar surface area (TPSA) is 12.9 Å². The first-order valence-electron chi connectivity index (χ1n) is 5.59. The maximum atomic E-state index is 4.46. The average Bonchev–Trinajstić information content (AvgIpc) is 2.26. The van der Waals surface area contributed by atoms with Crippen LogP contribution in [0.2, 0.25) is 0 Å². The lowest BCUT2D eigenvalue weighted by atomic mass is 9.97. The van der Waals surface area contributed by atoms with Gasteiger partial charge in [0.2, 0.25) is 0 Å². The Morgan fingerprint density at radius 3 is 2.06 bits per heavy atom. The first kappa shape index (κ1) is 10.9. The van der Waals surface area contributed by atoms with Crippen molar-refractivity contribution in [3.05, 3.63) is 52.7 Å². The minimum absolute atomic E-state index is 1.09. The number of pyridine rings is 1. The van der Waals surface area contributed by atoms with E-state index in [1.54, 1.807) is 0 Å². The van der Waals surface area contributed by atoms with E-state index in [1.165, 1.54) is 27.8 Å². The number of aryl methyl sites for hydroxylation is 3. The summed E-state index contributed by atoms with van der Waals surface area (Å²) in [6.45, 7) is 8.58. The number of nitrogens with zero attached hydrogens (tertiary/aromatic N) is 1. The van der Waals surface area contributed by atoms with Crippen LogP contribution in [0.15, 0.2) is 30.5 Å². The summed E-state index contributed by atoms with van der Waals surface area (Å²) in [5.74, 6) is 0. The zero-order valence-electron chi connectivity index (χ0n) is 10.3. The molecule has 1 nitrogen and oxygen atoms in total. The van der Waals surface area contributed by atoms with Crippen LogP contribution in [0.1, 0.15) is 22.3 Å². The van der Waals surface area contributed by atoms with Gasteiger partial charge in [-0.15, -0.1) is 0 Å². The molecule has 82 valence electrons. The third kappa shape index (κ3) is 1.85. The summed E-state index contributed by atoms with van der Waals surface area (Å²) >= 11 is 0. The van der Waals surface area contributed by atoms with Crippen molar-refractivity contribution in [2.45, 2.75) is 27.7 Å². The predicted octanol–water partition coefficient (Wildman–Crippen LogP) is 3.98. The summed E-state index contributed by atoms with van der Waals surface area (Å²) < 4.78 is 0. The third-order valence-corrected chi connectivity index (χ3v) is 3.21. The van der Waals surface area contributed by atoms with E-state index in [-0.39, 0.29) is 0 Å². The average molecular weight is 211 g/mol. The van der Waals surface area contributed by atoms with E-state index in [4.69, 9.17) is 0 Å². The second kappa shape index (κ2) is 4.09. The Balaban J connectivity index is 2.62. The standard InChI is InChI=1S/C15H17N/c1-10-6-5-7-16-15(10)14-8-11(2)13(4)12(3)9-14/h5-9H,1-4H3. The molecule has 1 heteroatoms. The monoisotopic (exact) mass is 211 g/mol. The van der Waals surface area contributed by atoms with E-state index >= 15 is 0 Å². The highest BCUT2D eigenvalue weighted by Gasteiger charge is 2.06. The van der Waals surface area contributed by atoms with E-state index in [0.29, 0.717) is 0 Å². The molecule has 0 amide bonds. The van der Waals surface area contributed by atoms with Gasteiger partial charge in [0.05, 0.1) is 5.69 Å². The molecule has 0 saturated carbocycles. The Kier molecular flexibility index (Phi) is 2.78. The number of rotatable bonds is 1. The lowest BCUT2D eigenvalue weighted by Crippen LogP contribution is -1.92. The summed E-state index contributed by atoms with van der Waals surface area (Å²) in [4.78, 5) is 4.46. The van der Waals surface area contributed by atoms with E-state index < -0.39 is 0 Å². The second-order valence-electron chi connectivity index (χ2n) is 4.40. The summed E-state index contributed by atoms with van der Waals surface area (Å²) in [6, 6.07) is 8.52. The lowest BCUT2D eigenvalue weighted by molar-refractivity contribution is 1.23. The molecule has 0 spiro atoms. The Morgan fingerprint density at radius 1 is 0.875 bits per heavy atom. The zero-order valence-corrected chi connectivity index (χ0v) is 10.3. The van der Waals surface area contributed by atoms with Gasteiger partial charge in [-0.05, 0) is 68.1 Å².